The van der Waals surface area contributed by atoms with Crippen LogP contribution in [0.3, 0.4) is 0 Å². The summed E-state index contributed by atoms with van der Waals surface area (Å²) in [7, 11) is 0. The molecule has 0 fully saturated rings. The first-order chi connectivity index (χ1) is 1.41. The fourth-order valence-corrected chi connectivity index (χ4v) is 0. The van der Waals surface area contributed by atoms with Gasteiger partial charge in [0.05, 0.1) is 0 Å². The van der Waals surface area contributed by atoms with E-state index in [1.165, 1.54) is 0 Å². The van der Waals surface area contributed by atoms with Gasteiger partial charge >= 0.3 is 0 Å². The Hall–Kier alpha value is 0.756. The molecule has 0 amide bonds. The van der Waals surface area contributed by atoms with E-state index in [4.69, 9.17) is 9.90 Å². The van der Waals surface area contributed by atoms with Crippen molar-refractivity contribution in [3.63, 3.8) is 0 Å². The molecule has 0 aromatic carbocycles. The molecule has 2 nitrogen and oxygen atoms in total. The van der Waals surface area contributed by atoms with Crippen LogP contribution in [-0.2, 0) is 4.79 Å². The largest absolute Gasteiger partial charge is 0.483 e. The first-order valence-corrected chi connectivity index (χ1v) is 0.494. The van der Waals surface area contributed by atoms with Crippen molar-refractivity contribution < 1.29 is 48.5 Å². The summed E-state index contributed by atoms with van der Waals surface area (Å²) < 4.78 is 0. The summed E-state index contributed by atoms with van der Waals surface area (Å²) >= 11 is 0. The molecule has 0 heterocycles. The Bertz CT molecular complexity index is 13.5. The third-order valence-corrected chi connectivity index (χ3v) is 0. The van der Waals surface area contributed by atoms with Crippen LogP contribution in [0.15, 0.2) is 0 Å². The van der Waals surface area contributed by atoms with Gasteiger partial charge in [-0.15, -0.1) is 0 Å². The minimum Gasteiger partial charge on any atom is -0.483 e. The summed E-state index contributed by atoms with van der Waals surface area (Å²) in [6.45, 7) is -0.250. The van der Waals surface area contributed by atoms with E-state index in [0.717, 1.165) is 0 Å². The topological polar surface area (TPSA) is 37.3 Å². The average Bonchev–Trinajstić information content (AvgIpc) is 0.918. The molecule has 0 saturated carbocycles. The van der Waals surface area contributed by atoms with Crippen LogP contribution in [-0.4, -0.2) is 11.6 Å². The Morgan fingerprint density at radius 1 is 1.75 bits per heavy atom. The van der Waals surface area contributed by atoms with Gasteiger partial charge in [-0.25, -0.2) is 0 Å². The Morgan fingerprint density at radius 2 is 1.75 bits per heavy atom. The Balaban J connectivity index is 0. The van der Waals surface area contributed by atoms with Gasteiger partial charge in [-0.2, -0.15) is 0 Å². The van der Waals surface area contributed by atoms with E-state index in [2.05, 4.69) is 0 Å². The molecule has 4 heavy (non-hydrogen) atoms. The monoisotopic (exact) mass is 205 g/mol. The molecule has 0 bridgehead atoms. The molecule has 0 aliphatic heterocycles. The molecule has 0 aliphatic rings. The minimum absolute atomic E-state index is 0. The zero-order valence-corrected chi connectivity index (χ0v) is 3.90. The van der Waals surface area contributed by atoms with Crippen LogP contribution in [0, 0.1) is 38.6 Å². The quantitative estimate of drug-likeness (QED) is 0.551. The van der Waals surface area contributed by atoms with Crippen molar-refractivity contribution in [1.82, 2.24) is 0 Å². The van der Waals surface area contributed by atoms with Crippen molar-refractivity contribution in [3.8, 4) is 0 Å². The predicted octanol–water partition coefficient (Wildman–Crippen LogP) is -0.299. The first kappa shape index (κ1) is 8.83. The standard InChI is InChI=1S/CH2O2.Tb/c2-1-3;/h1H,(H,2,3);. The zero-order chi connectivity index (χ0) is 2.71. The smallest absolute Gasteiger partial charge is 0.290 e. The fraction of sp³-hybridized carbons (Fsp3) is 0. The molecular weight excluding hydrogens is 203 g/mol. The van der Waals surface area contributed by atoms with Crippen molar-refractivity contribution in [1.29, 1.82) is 0 Å². The van der Waals surface area contributed by atoms with E-state index in [1.54, 1.807) is 0 Å². The summed E-state index contributed by atoms with van der Waals surface area (Å²) in [5.41, 5.74) is 0. The van der Waals surface area contributed by atoms with Crippen LogP contribution < -0.4 is 0 Å². The van der Waals surface area contributed by atoms with Crippen molar-refractivity contribution in [2.45, 2.75) is 0 Å². The summed E-state index contributed by atoms with van der Waals surface area (Å²) in [6.07, 6.45) is 0. The van der Waals surface area contributed by atoms with Gasteiger partial charge < -0.3 is 5.11 Å². The van der Waals surface area contributed by atoms with Crippen LogP contribution in [0.5, 0.6) is 0 Å². The van der Waals surface area contributed by atoms with Gasteiger partial charge in [0, 0.05) is 38.6 Å². The molecule has 1 radical (unpaired) electrons. The van der Waals surface area contributed by atoms with Crippen molar-refractivity contribution in [2.24, 2.45) is 0 Å². The molecule has 0 spiro atoms. The molecule has 3 heteroatoms. The van der Waals surface area contributed by atoms with E-state index in [0.29, 0.717) is 0 Å². The molecule has 1 N–H and O–H groups in total. The van der Waals surface area contributed by atoms with Crippen LogP contribution in [0.1, 0.15) is 0 Å². The normalized spacial score (nSPS) is 3.00. The third-order valence-electron chi connectivity index (χ3n) is 0. The van der Waals surface area contributed by atoms with E-state index in [1.807, 2.05) is 0 Å². The molecule has 0 aromatic heterocycles. The van der Waals surface area contributed by atoms with Crippen molar-refractivity contribution >= 4 is 6.47 Å². The number of hydrogen-bond acceptors (Lipinski definition) is 1. The van der Waals surface area contributed by atoms with Gasteiger partial charge in [-0.05, 0) is 0 Å². The SMILES string of the molecule is O=CO.[Tb]. The van der Waals surface area contributed by atoms with Gasteiger partial charge in [-0.3, -0.25) is 4.79 Å². The van der Waals surface area contributed by atoms with E-state index < -0.39 is 0 Å². The third kappa shape index (κ3) is 14.9. The van der Waals surface area contributed by atoms with Crippen LogP contribution in [0.4, 0.5) is 0 Å². The second-order valence-corrected chi connectivity index (χ2v) is 0.105. The number of rotatable bonds is 0. The average molecular weight is 205 g/mol. The maximum atomic E-state index is 8.36. The number of carbonyl (C=O) groups is 1. The molecule has 0 rings (SSSR count). The molecule has 27 valence electrons. The maximum Gasteiger partial charge on any atom is 0.290 e. The number of hydrogen-bond donors (Lipinski definition) is 1. The second kappa shape index (κ2) is 9.25. The van der Waals surface area contributed by atoms with Gasteiger partial charge in [0.2, 0.25) is 0 Å². The van der Waals surface area contributed by atoms with Gasteiger partial charge in [0.15, 0.2) is 0 Å². The van der Waals surface area contributed by atoms with E-state index >= 15 is 0 Å². The minimum atomic E-state index is -0.250. The van der Waals surface area contributed by atoms with Gasteiger partial charge in [0.25, 0.3) is 6.47 Å². The summed E-state index contributed by atoms with van der Waals surface area (Å²) in [5.74, 6) is 0. The Kier molecular flexibility index (Phi) is 20.4. The summed E-state index contributed by atoms with van der Waals surface area (Å²) in [4.78, 5) is 8.36. The molecule has 0 atom stereocenters. The van der Waals surface area contributed by atoms with Crippen molar-refractivity contribution in [3.05, 3.63) is 0 Å². The van der Waals surface area contributed by atoms with E-state index in [9.17, 15) is 0 Å². The van der Waals surface area contributed by atoms with E-state index in [-0.39, 0.29) is 45.1 Å². The number of carboxylic acid groups (broad SMARTS) is 1. The predicted molar refractivity (Wildman–Crippen MR) is 8.69 cm³/mol. The van der Waals surface area contributed by atoms with Gasteiger partial charge in [-0.1, -0.05) is 0 Å². The van der Waals surface area contributed by atoms with Crippen molar-refractivity contribution in [2.75, 3.05) is 0 Å². The van der Waals surface area contributed by atoms with Crippen LogP contribution >= 0.6 is 0 Å². The molecule has 0 aromatic rings. The molecule has 0 saturated heterocycles. The Labute approximate surface area is 54.6 Å². The maximum absolute atomic E-state index is 8.36. The molecular formula is CH2O2Tb. The summed E-state index contributed by atoms with van der Waals surface area (Å²) in [5, 5.41) is 6.89. The van der Waals surface area contributed by atoms with Crippen LogP contribution in [0.25, 0.3) is 0 Å². The fourth-order valence-electron chi connectivity index (χ4n) is 0. The molecule has 0 aliphatic carbocycles. The molecule has 0 unspecified atom stereocenters. The van der Waals surface area contributed by atoms with Gasteiger partial charge in [0.1, 0.15) is 0 Å². The second-order valence-electron chi connectivity index (χ2n) is 0.105. The van der Waals surface area contributed by atoms with Crippen LogP contribution in [0.2, 0.25) is 0 Å². The summed E-state index contributed by atoms with van der Waals surface area (Å²) in [6, 6.07) is 0. The zero-order valence-electron chi connectivity index (χ0n) is 1.77. The first-order valence-electron chi connectivity index (χ1n) is 0.494. The Morgan fingerprint density at radius 3 is 1.75 bits per heavy atom.